The number of hydrogen-bond acceptors (Lipinski definition) is 4. The molecule has 1 saturated heterocycles. The summed E-state index contributed by atoms with van der Waals surface area (Å²) in [5, 5.41) is 2.87. The summed E-state index contributed by atoms with van der Waals surface area (Å²) in [5.74, 6) is 0.290. The first-order valence-corrected chi connectivity index (χ1v) is 9.37. The zero-order valence-electron chi connectivity index (χ0n) is 15.3. The highest BCUT2D eigenvalue weighted by Gasteiger charge is 2.29. The fraction of sp³-hybridized carbons (Fsp3) is 0.318. The molecule has 1 N–H and O–H groups in total. The summed E-state index contributed by atoms with van der Waals surface area (Å²) in [6.07, 6.45) is 2.23. The molecule has 0 unspecified atom stereocenters. The maximum atomic E-state index is 12.8. The van der Waals surface area contributed by atoms with Gasteiger partial charge < -0.3 is 5.32 Å². The van der Waals surface area contributed by atoms with E-state index in [1.807, 2.05) is 0 Å². The maximum Gasteiger partial charge on any atom is 0.238 e. The molecule has 1 aliphatic heterocycles. The SMILES string of the molecule is CC1CCN(CC(=O)Nc2ccc3c(c2)C(=O)c2ccccc2C3=O)CC1. The summed E-state index contributed by atoms with van der Waals surface area (Å²) < 4.78 is 0. The highest BCUT2D eigenvalue weighted by Crippen LogP contribution is 2.29. The van der Waals surface area contributed by atoms with Gasteiger partial charge in [-0.25, -0.2) is 0 Å². The Balaban J connectivity index is 1.51. The Kier molecular flexibility index (Phi) is 4.62. The molecule has 0 saturated carbocycles. The molecule has 2 aromatic rings. The van der Waals surface area contributed by atoms with Crippen LogP contribution in [0.15, 0.2) is 42.5 Å². The van der Waals surface area contributed by atoms with Gasteiger partial charge in [-0.3, -0.25) is 19.3 Å². The average molecular weight is 362 g/mol. The van der Waals surface area contributed by atoms with Crippen molar-refractivity contribution in [2.45, 2.75) is 19.8 Å². The first-order chi connectivity index (χ1) is 13.0. The van der Waals surface area contributed by atoms with E-state index in [1.54, 1.807) is 42.5 Å². The van der Waals surface area contributed by atoms with E-state index in [9.17, 15) is 14.4 Å². The summed E-state index contributed by atoms with van der Waals surface area (Å²) >= 11 is 0. The Morgan fingerprint density at radius 2 is 1.56 bits per heavy atom. The number of carbonyl (C=O) groups excluding carboxylic acids is 3. The van der Waals surface area contributed by atoms with E-state index >= 15 is 0 Å². The first kappa shape index (κ1) is 17.6. The molecule has 138 valence electrons. The Morgan fingerprint density at radius 1 is 0.963 bits per heavy atom. The number of hydrogen-bond donors (Lipinski definition) is 1. The third-order valence-corrected chi connectivity index (χ3v) is 5.45. The second kappa shape index (κ2) is 7.08. The van der Waals surface area contributed by atoms with Crippen LogP contribution in [0.25, 0.3) is 0 Å². The number of rotatable bonds is 3. The van der Waals surface area contributed by atoms with Crippen molar-refractivity contribution in [1.29, 1.82) is 0 Å². The molecule has 0 aromatic heterocycles. The fourth-order valence-electron chi connectivity index (χ4n) is 3.80. The average Bonchev–Trinajstić information content (AvgIpc) is 2.68. The molecule has 5 nitrogen and oxygen atoms in total. The molecule has 5 heteroatoms. The van der Waals surface area contributed by atoms with Crippen LogP contribution in [0.3, 0.4) is 0 Å². The van der Waals surface area contributed by atoms with E-state index in [0.29, 0.717) is 34.5 Å². The third-order valence-electron chi connectivity index (χ3n) is 5.45. The minimum Gasteiger partial charge on any atom is -0.325 e. The largest absolute Gasteiger partial charge is 0.325 e. The van der Waals surface area contributed by atoms with Gasteiger partial charge >= 0.3 is 0 Å². The van der Waals surface area contributed by atoms with Gasteiger partial charge in [0.05, 0.1) is 6.54 Å². The van der Waals surface area contributed by atoms with Gasteiger partial charge in [-0.05, 0) is 50.0 Å². The predicted octanol–water partition coefficient (Wildman–Crippen LogP) is 3.13. The molecule has 0 spiro atoms. The Hall–Kier alpha value is -2.79. The van der Waals surface area contributed by atoms with Crippen LogP contribution >= 0.6 is 0 Å². The van der Waals surface area contributed by atoms with Gasteiger partial charge in [0.15, 0.2) is 11.6 Å². The van der Waals surface area contributed by atoms with Crippen molar-refractivity contribution < 1.29 is 14.4 Å². The van der Waals surface area contributed by atoms with Gasteiger partial charge in [-0.2, -0.15) is 0 Å². The van der Waals surface area contributed by atoms with Gasteiger partial charge in [-0.1, -0.05) is 31.2 Å². The molecule has 0 radical (unpaired) electrons. The molecular formula is C22H22N2O3. The molecule has 1 fully saturated rings. The minimum absolute atomic E-state index is 0.0977. The van der Waals surface area contributed by atoms with Gasteiger partial charge in [0.2, 0.25) is 5.91 Å². The number of anilines is 1. The van der Waals surface area contributed by atoms with Crippen LogP contribution in [-0.4, -0.2) is 42.0 Å². The van der Waals surface area contributed by atoms with E-state index in [0.717, 1.165) is 31.8 Å². The Labute approximate surface area is 158 Å². The van der Waals surface area contributed by atoms with Crippen molar-refractivity contribution in [2.24, 2.45) is 5.92 Å². The molecule has 4 rings (SSSR count). The summed E-state index contributed by atoms with van der Waals surface area (Å²) in [7, 11) is 0. The van der Waals surface area contributed by atoms with Crippen molar-refractivity contribution in [2.75, 3.05) is 25.0 Å². The summed E-state index contributed by atoms with van der Waals surface area (Å²) in [5.41, 5.74) is 2.14. The van der Waals surface area contributed by atoms with Crippen LogP contribution in [0, 0.1) is 5.92 Å². The van der Waals surface area contributed by atoms with Gasteiger partial charge in [0, 0.05) is 27.9 Å². The van der Waals surface area contributed by atoms with Gasteiger partial charge in [-0.15, -0.1) is 0 Å². The van der Waals surface area contributed by atoms with Crippen molar-refractivity contribution in [3.63, 3.8) is 0 Å². The number of ketones is 2. The van der Waals surface area contributed by atoms with Crippen LogP contribution in [0.4, 0.5) is 5.69 Å². The number of likely N-dealkylation sites (tertiary alicyclic amines) is 1. The van der Waals surface area contributed by atoms with E-state index in [1.165, 1.54) is 0 Å². The van der Waals surface area contributed by atoms with Crippen LogP contribution < -0.4 is 5.32 Å². The number of carbonyl (C=O) groups is 3. The Morgan fingerprint density at radius 3 is 2.22 bits per heavy atom. The van der Waals surface area contributed by atoms with Crippen LogP contribution in [-0.2, 0) is 4.79 Å². The van der Waals surface area contributed by atoms with Crippen molar-refractivity contribution in [1.82, 2.24) is 4.90 Å². The summed E-state index contributed by atoms with van der Waals surface area (Å²) in [6.45, 7) is 4.45. The number of nitrogens with one attached hydrogen (secondary N) is 1. The smallest absolute Gasteiger partial charge is 0.238 e. The van der Waals surface area contributed by atoms with E-state index in [4.69, 9.17) is 0 Å². The normalized spacial score (nSPS) is 17.4. The second-order valence-electron chi connectivity index (χ2n) is 7.47. The van der Waals surface area contributed by atoms with Gasteiger partial charge in [0.25, 0.3) is 0 Å². The lowest BCUT2D eigenvalue weighted by molar-refractivity contribution is -0.117. The number of amides is 1. The zero-order valence-corrected chi connectivity index (χ0v) is 15.3. The quantitative estimate of drug-likeness (QED) is 0.777. The topological polar surface area (TPSA) is 66.5 Å². The van der Waals surface area contributed by atoms with E-state index in [2.05, 4.69) is 17.1 Å². The molecule has 27 heavy (non-hydrogen) atoms. The van der Waals surface area contributed by atoms with Crippen molar-refractivity contribution in [3.05, 3.63) is 64.7 Å². The number of benzene rings is 2. The van der Waals surface area contributed by atoms with E-state index < -0.39 is 0 Å². The molecule has 0 bridgehead atoms. The molecular weight excluding hydrogens is 340 g/mol. The van der Waals surface area contributed by atoms with Crippen LogP contribution in [0.5, 0.6) is 0 Å². The molecule has 1 aliphatic carbocycles. The van der Waals surface area contributed by atoms with E-state index in [-0.39, 0.29) is 17.5 Å². The monoisotopic (exact) mass is 362 g/mol. The number of piperidine rings is 1. The standard InChI is InChI=1S/C22H22N2O3/c1-14-8-10-24(11-9-14)13-20(25)23-15-6-7-18-19(12-15)22(27)17-5-3-2-4-16(17)21(18)26/h2-7,12,14H,8-11,13H2,1H3,(H,23,25). The third kappa shape index (κ3) is 3.43. The maximum absolute atomic E-state index is 12.8. The lowest BCUT2D eigenvalue weighted by atomic mass is 9.84. The molecule has 1 heterocycles. The highest BCUT2D eigenvalue weighted by atomic mass is 16.2. The molecule has 0 atom stereocenters. The highest BCUT2D eigenvalue weighted by molar-refractivity contribution is 6.28. The zero-order chi connectivity index (χ0) is 19.0. The molecule has 2 aromatic carbocycles. The number of fused-ring (bicyclic) bond motifs is 2. The predicted molar refractivity (Wildman–Crippen MR) is 103 cm³/mol. The van der Waals surface area contributed by atoms with Crippen LogP contribution in [0.2, 0.25) is 0 Å². The molecule has 2 aliphatic rings. The van der Waals surface area contributed by atoms with Crippen molar-refractivity contribution in [3.8, 4) is 0 Å². The summed E-state index contributed by atoms with van der Waals surface area (Å²) in [6, 6.07) is 11.8. The fourth-order valence-corrected chi connectivity index (χ4v) is 3.80. The van der Waals surface area contributed by atoms with Crippen molar-refractivity contribution >= 4 is 23.2 Å². The lowest BCUT2D eigenvalue weighted by Crippen LogP contribution is -2.38. The summed E-state index contributed by atoms with van der Waals surface area (Å²) in [4.78, 5) is 39.9. The molecule has 1 amide bonds. The van der Waals surface area contributed by atoms with Gasteiger partial charge in [0.1, 0.15) is 0 Å². The minimum atomic E-state index is -0.179. The Bertz CT molecular complexity index is 927. The second-order valence-corrected chi connectivity index (χ2v) is 7.47. The lowest BCUT2D eigenvalue weighted by Gasteiger charge is -2.29. The van der Waals surface area contributed by atoms with Crippen LogP contribution in [0.1, 0.15) is 51.6 Å². The first-order valence-electron chi connectivity index (χ1n) is 9.37. The number of nitrogens with zero attached hydrogens (tertiary/aromatic N) is 1.